The highest BCUT2D eigenvalue weighted by Gasteiger charge is 2.23. The van der Waals surface area contributed by atoms with Crippen molar-refractivity contribution in [1.29, 1.82) is 0 Å². The summed E-state index contributed by atoms with van der Waals surface area (Å²) in [5.74, 6) is 0.0374. The van der Waals surface area contributed by atoms with Gasteiger partial charge < -0.3 is 19.2 Å². The van der Waals surface area contributed by atoms with Crippen LogP contribution >= 0.6 is 0 Å². The molecule has 0 fully saturated rings. The molecule has 0 radical (unpaired) electrons. The first-order valence-corrected chi connectivity index (χ1v) is 7.03. The Kier molecular flexibility index (Phi) is 4.98. The minimum absolute atomic E-state index is 0.0665. The van der Waals surface area contributed by atoms with Gasteiger partial charge >= 0.3 is 0 Å². The lowest BCUT2D eigenvalue weighted by Crippen LogP contribution is -2.29. The Morgan fingerprint density at radius 2 is 2.10 bits per heavy atom. The molecule has 1 amide bonds. The number of furan rings is 1. The average Bonchev–Trinajstić information content (AvgIpc) is 2.83. The zero-order valence-corrected chi connectivity index (χ0v) is 12.6. The second-order valence-corrected chi connectivity index (χ2v) is 5.22. The van der Waals surface area contributed by atoms with Gasteiger partial charge in [0.15, 0.2) is 5.76 Å². The van der Waals surface area contributed by atoms with Crippen molar-refractivity contribution >= 4 is 16.9 Å². The highest BCUT2D eigenvalue weighted by molar-refractivity contribution is 5.98. The van der Waals surface area contributed by atoms with Crippen molar-refractivity contribution in [2.24, 2.45) is 0 Å². The molecule has 0 bridgehead atoms. The zero-order valence-electron chi connectivity index (χ0n) is 12.6. The van der Waals surface area contributed by atoms with Gasteiger partial charge in [-0.1, -0.05) is 18.2 Å². The van der Waals surface area contributed by atoms with Crippen molar-refractivity contribution in [2.75, 3.05) is 20.2 Å². The van der Waals surface area contributed by atoms with E-state index in [1.54, 1.807) is 7.05 Å². The van der Waals surface area contributed by atoms with Gasteiger partial charge in [0.1, 0.15) is 5.58 Å². The highest BCUT2D eigenvalue weighted by atomic mass is 16.5. The number of fused-ring (bicyclic) bond motifs is 1. The Bertz CT molecular complexity index is 618. The van der Waals surface area contributed by atoms with Gasteiger partial charge in [-0.15, -0.1) is 0 Å². The molecule has 5 nitrogen and oxygen atoms in total. The number of aliphatic hydroxyl groups excluding tert-OH is 1. The van der Waals surface area contributed by atoms with Gasteiger partial charge in [-0.2, -0.15) is 0 Å². The molecule has 0 aliphatic carbocycles. The number of aliphatic hydroxyl groups is 1. The van der Waals surface area contributed by atoms with Crippen LogP contribution in [0.15, 0.2) is 28.7 Å². The molecule has 1 aromatic heterocycles. The fourth-order valence-electron chi connectivity index (χ4n) is 2.09. The minimum Gasteiger partial charge on any atom is -0.451 e. The number of carbonyl (C=O) groups is 1. The molecule has 114 valence electrons. The molecule has 0 aliphatic heterocycles. The van der Waals surface area contributed by atoms with Gasteiger partial charge in [-0.3, -0.25) is 4.79 Å². The smallest absolute Gasteiger partial charge is 0.289 e. The average molecular weight is 291 g/mol. The van der Waals surface area contributed by atoms with Crippen LogP contribution in [0.4, 0.5) is 0 Å². The fourth-order valence-corrected chi connectivity index (χ4v) is 2.09. The molecule has 5 heteroatoms. The third-order valence-corrected chi connectivity index (χ3v) is 3.24. The lowest BCUT2D eigenvalue weighted by Gasteiger charge is -2.15. The second-order valence-electron chi connectivity index (χ2n) is 5.22. The van der Waals surface area contributed by atoms with Crippen molar-refractivity contribution in [3.8, 4) is 0 Å². The van der Waals surface area contributed by atoms with Crippen LogP contribution in [0.5, 0.6) is 0 Å². The van der Waals surface area contributed by atoms with Crippen molar-refractivity contribution in [1.82, 2.24) is 4.90 Å². The van der Waals surface area contributed by atoms with Gasteiger partial charge in [-0.05, 0) is 19.9 Å². The number of rotatable bonds is 6. The number of nitrogens with zero attached hydrogens (tertiary/aromatic N) is 1. The van der Waals surface area contributed by atoms with Crippen LogP contribution in [0.2, 0.25) is 0 Å². The molecule has 0 unspecified atom stereocenters. The topological polar surface area (TPSA) is 62.9 Å². The van der Waals surface area contributed by atoms with Gasteiger partial charge in [0.2, 0.25) is 0 Å². The van der Waals surface area contributed by atoms with Crippen LogP contribution in [0.25, 0.3) is 11.0 Å². The minimum atomic E-state index is -0.248. The molecule has 0 saturated heterocycles. The second kappa shape index (κ2) is 6.74. The summed E-state index contributed by atoms with van der Waals surface area (Å²) in [5.41, 5.74) is 1.43. The molecule has 2 aromatic rings. The summed E-state index contributed by atoms with van der Waals surface area (Å²) in [4.78, 5) is 13.9. The summed E-state index contributed by atoms with van der Waals surface area (Å²) < 4.78 is 11.4. The molecule has 0 aliphatic rings. The van der Waals surface area contributed by atoms with E-state index >= 15 is 0 Å². The van der Waals surface area contributed by atoms with Crippen LogP contribution in [-0.2, 0) is 11.3 Å². The largest absolute Gasteiger partial charge is 0.451 e. The first-order chi connectivity index (χ1) is 10.0. The maximum absolute atomic E-state index is 12.4. The maximum Gasteiger partial charge on any atom is 0.289 e. The Labute approximate surface area is 124 Å². The number of hydrogen-bond acceptors (Lipinski definition) is 4. The van der Waals surface area contributed by atoms with E-state index in [1.807, 2.05) is 38.1 Å². The quantitative estimate of drug-likeness (QED) is 0.888. The normalized spacial score (nSPS) is 11.3. The third kappa shape index (κ3) is 3.43. The Morgan fingerprint density at radius 3 is 2.76 bits per heavy atom. The van der Waals surface area contributed by atoms with Gasteiger partial charge in [-0.25, -0.2) is 0 Å². The molecule has 21 heavy (non-hydrogen) atoms. The number of amides is 1. The Balaban J connectivity index is 2.41. The maximum atomic E-state index is 12.4. The predicted molar refractivity (Wildman–Crippen MR) is 80.2 cm³/mol. The van der Waals surface area contributed by atoms with E-state index in [1.165, 1.54) is 4.90 Å². The fraction of sp³-hybridized carbons (Fsp3) is 0.438. The van der Waals surface area contributed by atoms with Crippen LogP contribution in [0.1, 0.15) is 30.0 Å². The van der Waals surface area contributed by atoms with E-state index in [2.05, 4.69) is 0 Å². The number of likely N-dealkylation sites (N-methyl/N-ethyl adjacent to an activating group) is 1. The van der Waals surface area contributed by atoms with Crippen LogP contribution in [0, 0.1) is 0 Å². The number of benzene rings is 1. The molecule has 0 spiro atoms. The van der Waals surface area contributed by atoms with Crippen LogP contribution in [0.3, 0.4) is 0 Å². The predicted octanol–water partition coefficient (Wildman–Crippen LogP) is 2.42. The third-order valence-electron chi connectivity index (χ3n) is 3.24. The van der Waals surface area contributed by atoms with Gasteiger partial charge in [0, 0.05) is 24.5 Å². The van der Waals surface area contributed by atoms with Crippen molar-refractivity contribution < 1.29 is 19.1 Å². The molecule has 2 rings (SSSR count). The summed E-state index contributed by atoms with van der Waals surface area (Å²) in [6.45, 7) is 4.40. The van der Waals surface area contributed by atoms with E-state index in [4.69, 9.17) is 14.3 Å². The van der Waals surface area contributed by atoms with Gasteiger partial charge in [0.25, 0.3) is 5.91 Å². The summed E-state index contributed by atoms with van der Waals surface area (Å²) in [7, 11) is 1.64. The van der Waals surface area contributed by atoms with Crippen molar-refractivity contribution in [2.45, 2.75) is 26.6 Å². The number of carbonyl (C=O) groups excluding carboxylic acids is 1. The first kappa shape index (κ1) is 15.5. The van der Waals surface area contributed by atoms with Crippen LogP contribution in [-0.4, -0.2) is 42.2 Å². The molecular weight excluding hydrogens is 270 g/mol. The molecule has 0 atom stereocenters. The van der Waals surface area contributed by atoms with Crippen molar-refractivity contribution in [3.63, 3.8) is 0 Å². The van der Waals surface area contributed by atoms with E-state index in [9.17, 15) is 4.79 Å². The molecule has 1 heterocycles. The first-order valence-electron chi connectivity index (χ1n) is 7.03. The number of hydrogen-bond donors (Lipinski definition) is 1. The van der Waals surface area contributed by atoms with Gasteiger partial charge in [0.05, 0.1) is 19.3 Å². The van der Waals surface area contributed by atoms with E-state index in [0.29, 0.717) is 12.2 Å². The number of ether oxygens (including phenoxy) is 1. The van der Waals surface area contributed by atoms with Crippen molar-refractivity contribution in [3.05, 3.63) is 35.6 Å². The molecule has 0 saturated carbocycles. The SMILES string of the molecule is CC(C)OCc1c(C(=O)N(C)CCO)oc2ccccc12. The van der Waals surface area contributed by atoms with E-state index in [0.717, 1.165) is 10.9 Å². The van der Waals surface area contributed by atoms with Crippen LogP contribution < -0.4 is 0 Å². The lowest BCUT2D eigenvalue weighted by atomic mass is 10.1. The highest BCUT2D eigenvalue weighted by Crippen LogP contribution is 2.27. The molecule has 1 N–H and O–H groups in total. The summed E-state index contributed by atoms with van der Waals surface area (Å²) in [5, 5.41) is 9.86. The molecule has 1 aromatic carbocycles. The molecular formula is C16H21NO4. The summed E-state index contributed by atoms with van der Waals surface area (Å²) in [6.07, 6.45) is 0.0665. The summed E-state index contributed by atoms with van der Waals surface area (Å²) in [6, 6.07) is 7.52. The van der Waals surface area contributed by atoms with E-state index < -0.39 is 0 Å². The monoisotopic (exact) mass is 291 g/mol. The zero-order chi connectivity index (χ0) is 15.4. The van der Waals surface area contributed by atoms with E-state index in [-0.39, 0.29) is 30.9 Å². The Morgan fingerprint density at radius 1 is 1.38 bits per heavy atom. The summed E-state index contributed by atoms with van der Waals surface area (Å²) >= 11 is 0. The standard InChI is InChI=1S/C16H21NO4/c1-11(2)20-10-13-12-6-4-5-7-14(12)21-15(13)16(19)17(3)8-9-18/h4-7,11,18H,8-10H2,1-3H3. The lowest BCUT2D eigenvalue weighted by molar-refractivity contribution is 0.0616. The number of para-hydroxylation sites is 1. The Hall–Kier alpha value is -1.85.